The molecule has 0 aliphatic rings. The van der Waals surface area contributed by atoms with Crippen molar-refractivity contribution in [3.8, 4) is 0 Å². The summed E-state index contributed by atoms with van der Waals surface area (Å²) in [5, 5.41) is 0. The van der Waals surface area contributed by atoms with Crippen LogP contribution in [0.2, 0.25) is 0 Å². The Hall–Kier alpha value is -0.150. The molecule has 0 bridgehead atoms. The highest BCUT2D eigenvalue weighted by Gasteiger charge is 2.00. The molecule has 0 aliphatic carbocycles. The highest BCUT2D eigenvalue weighted by molar-refractivity contribution is 7.97. The average molecular weight is 160 g/mol. The second-order valence-electron chi connectivity index (χ2n) is 2.45. The van der Waals surface area contributed by atoms with Crippen LogP contribution in [0.4, 0.5) is 0 Å². The van der Waals surface area contributed by atoms with E-state index in [1.165, 1.54) is 0 Å². The zero-order chi connectivity index (χ0) is 7.98. The van der Waals surface area contributed by atoms with Crippen molar-refractivity contribution in [2.24, 2.45) is 0 Å². The van der Waals surface area contributed by atoms with Gasteiger partial charge in [0.05, 0.1) is 5.88 Å². The van der Waals surface area contributed by atoms with Crippen molar-refractivity contribution in [3.63, 3.8) is 0 Å². The first-order chi connectivity index (χ1) is 4.68. The summed E-state index contributed by atoms with van der Waals surface area (Å²) in [5.41, 5.74) is 0. The fraction of sp³-hybridized carbons (Fsp3) is 0.714. The number of hydrogen-bond acceptors (Lipinski definition) is 3. The van der Waals surface area contributed by atoms with Gasteiger partial charge in [-0.25, -0.2) is 0 Å². The Morgan fingerprint density at radius 2 is 2.30 bits per heavy atom. The monoisotopic (exact) mass is 160 g/mol. The van der Waals surface area contributed by atoms with Crippen LogP contribution in [-0.4, -0.2) is 23.9 Å². The Morgan fingerprint density at radius 3 is 2.70 bits per heavy atom. The van der Waals surface area contributed by atoms with Gasteiger partial charge in [-0.3, -0.25) is 4.90 Å². The summed E-state index contributed by atoms with van der Waals surface area (Å²) in [4.78, 5) is 2.25. The topological polar surface area (TPSA) is 15.3 Å². The lowest BCUT2D eigenvalue weighted by atomic mass is 10.4. The highest BCUT2D eigenvalue weighted by Crippen LogP contribution is 2.00. The molecule has 0 aromatic carbocycles. The van der Waals surface area contributed by atoms with E-state index in [1.807, 2.05) is 0 Å². The first kappa shape index (κ1) is 9.85. The molecular weight excluding hydrogens is 144 g/mol. The smallest absolute Gasteiger partial charge is 0.0644 e. The quantitative estimate of drug-likeness (QED) is 0.374. The van der Waals surface area contributed by atoms with Gasteiger partial charge in [-0.05, 0) is 32.8 Å². The summed E-state index contributed by atoms with van der Waals surface area (Å²) in [6.07, 6.45) is 1.69. The van der Waals surface area contributed by atoms with E-state index in [-0.39, 0.29) is 0 Å². The van der Waals surface area contributed by atoms with Crippen molar-refractivity contribution < 1.29 is 0 Å². The van der Waals surface area contributed by atoms with Crippen LogP contribution >= 0.6 is 11.9 Å². The van der Waals surface area contributed by atoms with Gasteiger partial charge in [0.25, 0.3) is 0 Å². The van der Waals surface area contributed by atoms with E-state index in [0.29, 0.717) is 6.04 Å². The van der Waals surface area contributed by atoms with Gasteiger partial charge in [0.15, 0.2) is 0 Å². The predicted molar refractivity (Wildman–Crippen MR) is 48.7 cm³/mol. The van der Waals surface area contributed by atoms with Crippen molar-refractivity contribution in [2.45, 2.75) is 19.9 Å². The summed E-state index contributed by atoms with van der Waals surface area (Å²) < 4.78 is 2.97. The Morgan fingerprint density at radius 1 is 1.70 bits per heavy atom. The SMILES string of the molecule is C=CNSCN(C)C(C)C. The number of nitrogens with zero attached hydrogens (tertiary/aromatic N) is 1. The lowest BCUT2D eigenvalue weighted by Gasteiger charge is -2.19. The first-order valence-corrected chi connectivity index (χ1v) is 4.35. The minimum Gasteiger partial charge on any atom is -0.336 e. The van der Waals surface area contributed by atoms with Crippen molar-refractivity contribution in [1.82, 2.24) is 9.62 Å². The largest absolute Gasteiger partial charge is 0.336 e. The normalized spacial score (nSPS) is 10.5. The number of hydrogen-bond donors (Lipinski definition) is 1. The van der Waals surface area contributed by atoms with Crippen molar-refractivity contribution >= 4 is 11.9 Å². The molecule has 60 valence electrons. The van der Waals surface area contributed by atoms with Crippen molar-refractivity contribution in [2.75, 3.05) is 12.9 Å². The van der Waals surface area contributed by atoms with E-state index in [4.69, 9.17) is 0 Å². The third-order valence-electron chi connectivity index (χ3n) is 1.32. The summed E-state index contributed by atoms with van der Waals surface area (Å²) in [5.74, 6) is 0.990. The maximum Gasteiger partial charge on any atom is 0.0644 e. The van der Waals surface area contributed by atoms with E-state index in [2.05, 4.69) is 37.1 Å². The summed E-state index contributed by atoms with van der Waals surface area (Å²) in [6.45, 7) is 7.90. The molecule has 0 atom stereocenters. The van der Waals surface area contributed by atoms with Crippen LogP contribution in [0.5, 0.6) is 0 Å². The van der Waals surface area contributed by atoms with E-state index in [0.717, 1.165) is 5.88 Å². The molecule has 0 spiro atoms. The second kappa shape index (κ2) is 5.62. The Labute approximate surface area is 67.8 Å². The molecule has 2 nitrogen and oxygen atoms in total. The van der Waals surface area contributed by atoms with Gasteiger partial charge in [0.1, 0.15) is 0 Å². The molecule has 0 aliphatic heterocycles. The number of nitrogens with one attached hydrogen (secondary N) is 1. The van der Waals surface area contributed by atoms with Gasteiger partial charge in [-0.2, -0.15) is 0 Å². The Balaban J connectivity index is 3.21. The van der Waals surface area contributed by atoms with Crippen molar-refractivity contribution in [1.29, 1.82) is 0 Å². The van der Waals surface area contributed by atoms with Crippen LogP contribution < -0.4 is 4.72 Å². The molecular formula is C7H16N2S. The van der Waals surface area contributed by atoms with Gasteiger partial charge in [-0.15, -0.1) is 0 Å². The third kappa shape index (κ3) is 4.70. The average Bonchev–Trinajstić information content (AvgIpc) is 1.88. The molecule has 0 unspecified atom stereocenters. The lowest BCUT2D eigenvalue weighted by molar-refractivity contribution is 0.321. The lowest BCUT2D eigenvalue weighted by Crippen LogP contribution is -2.26. The van der Waals surface area contributed by atoms with E-state index in [1.54, 1.807) is 18.1 Å². The van der Waals surface area contributed by atoms with Gasteiger partial charge < -0.3 is 4.72 Å². The molecule has 0 aromatic rings. The Bertz CT molecular complexity index is 93.6. The zero-order valence-corrected chi connectivity index (χ0v) is 7.74. The van der Waals surface area contributed by atoms with Gasteiger partial charge in [0, 0.05) is 12.2 Å². The molecule has 10 heavy (non-hydrogen) atoms. The minimum atomic E-state index is 0.610. The van der Waals surface area contributed by atoms with E-state index >= 15 is 0 Å². The maximum atomic E-state index is 3.55. The number of rotatable bonds is 5. The molecule has 0 saturated heterocycles. The van der Waals surface area contributed by atoms with E-state index < -0.39 is 0 Å². The fourth-order valence-electron chi connectivity index (χ4n) is 0.347. The van der Waals surface area contributed by atoms with Gasteiger partial charge in [-0.1, -0.05) is 6.58 Å². The molecule has 0 saturated carbocycles. The predicted octanol–water partition coefficient (Wildman–Crippen LogP) is 1.67. The summed E-state index contributed by atoms with van der Waals surface area (Å²) in [6, 6.07) is 0.610. The van der Waals surface area contributed by atoms with Gasteiger partial charge >= 0.3 is 0 Å². The highest BCUT2D eigenvalue weighted by atomic mass is 32.2. The molecule has 1 N–H and O–H groups in total. The van der Waals surface area contributed by atoms with Crippen LogP contribution in [0, 0.1) is 0 Å². The molecule has 0 rings (SSSR count). The van der Waals surface area contributed by atoms with Gasteiger partial charge in [0.2, 0.25) is 0 Å². The standard InChI is InChI=1S/C7H16N2S/c1-5-8-10-6-9(4)7(2)3/h5,7-8H,1,6H2,2-4H3. The molecule has 0 fully saturated rings. The summed E-state index contributed by atoms with van der Waals surface area (Å²) in [7, 11) is 2.10. The Kier molecular flexibility index (Phi) is 5.54. The van der Waals surface area contributed by atoms with Crippen LogP contribution in [0.3, 0.4) is 0 Å². The van der Waals surface area contributed by atoms with Crippen LogP contribution in [0.25, 0.3) is 0 Å². The molecule has 0 amide bonds. The fourth-order valence-corrected chi connectivity index (χ4v) is 1.04. The van der Waals surface area contributed by atoms with Crippen LogP contribution in [0.15, 0.2) is 12.8 Å². The zero-order valence-electron chi connectivity index (χ0n) is 6.92. The van der Waals surface area contributed by atoms with E-state index in [9.17, 15) is 0 Å². The molecule has 0 heterocycles. The molecule has 0 radical (unpaired) electrons. The van der Waals surface area contributed by atoms with Crippen LogP contribution in [-0.2, 0) is 0 Å². The first-order valence-electron chi connectivity index (χ1n) is 3.37. The summed E-state index contributed by atoms with van der Waals surface area (Å²) >= 11 is 1.65. The minimum absolute atomic E-state index is 0.610. The third-order valence-corrected chi connectivity index (χ3v) is 2.19. The molecule has 3 heteroatoms. The molecule has 0 aromatic heterocycles. The van der Waals surface area contributed by atoms with Crippen LogP contribution in [0.1, 0.15) is 13.8 Å². The van der Waals surface area contributed by atoms with Crippen molar-refractivity contribution in [3.05, 3.63) is 12.8 Å². The maximum absolute atomic E-state index is 3.55. The second-order valence-corrected chi connectivity index (χ2v) is 3.23.